The van der Waals surface area contributed by atoms with Crippen molar-refractivity contribution < 1.29 is 17.9 Å². The van der Waals surface area contributed by atoms with Gasteiger partial charge in [0.05, 0.1) is 22.9 Å². The number of hydrogen-bond donors (Lipinski definition) is 1. The van der Waals surface area contributed by atoms with Gasteiger partial charge in [-0.3, -0.25) is 4.79 Å². The zero-order valence-corrected chi connectivity index (χ0v) is 17.6. The third kappa shape index (κ3) is 4.23. The lowest BCUT2D eigenvalue weighted by Crippen LogP contribution is -2.22. The Labute approximate surface area is 175 Å². The number of carbonyl (C=O) groups is 1. The summed E-state index contributed by atoms with van der Waals surface area (Å²) in [5.74, 6) is 0.748. The van der Waals surface area contributed by atoms with Gasteiger partial charge in [0.1, 0.15) is 11.6 Å². The highest BCUT2D eigenvalue weighted by molar-refractivity contribution is 7.90. The molecule has 0 saturated heterocycles. The van der Waals surface area contributed by atoms with Crippen LogP contribution in [0.3, 0.4) is 0 Å². The molecular weight excluding hydrogens is 402 g/mol. The van der Waals surface area contributed by atoms with E-state index in [1.54, 1.807) is 4.68 Å². The molecule has 0 atom stereocenters. The van der Waals surface area contributed by atoms with Crippen molar-refractivity contribution in [3.05, 3.63) is 71.4 Å². The molecule has 0 bridgehead atoms. The smallest absolute Gasteiger partial charge is 0.263 e. The minimum absolute atomic E-state index is 0.121. The highest BCUT2D eigenvalue weighted by atomic mass is 32.2. The van der Waals surface area contributed by atoms with Crippen LogP contribution in [0.15, 0.2) is 54.6 Å². The Bertz CT molecular complexity index is 1170. The van der Waals surface area contributed by atoms with Crippen molar-refractivity contribution in [1.82, 2.24) is 9.78 Å². The zero-order valence-electron chi connectivity index (χ0n) is 16.8. The van der Waals surface area contributed by atoms with Gasteiger partial charge in [-0.1, -0.05) is 44.2 Å². The predicted molar refractivity (Wildman–Crippen MR) is 115 cm³/mol. The molecule has 1 aliphatic rings. The van der Waals surface area contributed by atoms with Crippen LogP contribution in [-0.4, -0.2) is 30.7 Å². The fraction of sp³-hybridized carbons (Fsp3) is 0.273. The van der Waals surface area contributed by atoms with E-state index in [0.29, 0.717) is 28.7 Å². The van der Waals surface area contributed by atoms with Gasteiger partial charge < -0.3 is 10.1 Å². The second kappa shape index (κ2) is 7.95. The van der Waals surface area contributed by atoms with Crippen LogP contribution in [0.4, 0.5) is 5.82 Å². The monoisotopic (exact) mass is 425 g/mol. The van der Waals surface area contributed by atoms with E-state index >= 15 is 0 Å². The molecule has 1 N–H and O–H groups in total. The molecule has 1 aromatic heterocycles. The van der Waals surface area contributed by atoms with Crippen molar-refractivity contribution in [2.24, 2.45) is 0 Å². The maximum absolute atomic E-state index is 12.6. The fourth-order valence-corrected chi connectivity index (χ4v) is 4.89. The number of nitrogens with zero attached hydrogens (tertiary/aromatic N) is 2. The molecule has 7 nitrogen and oxygen atoms in total. The third-order valence-electron chi connectivity index (χ3n) is 4.96. The molecule has 3 aromatic rings. The van der Waals surface area contributed by atoms with Crippen LogP contribution in [0.5, 0.6) is 5.75 Å². The lowest BCUT2D eigenvalue weighted by molar-refractivity contribution is -0.118. The molecular formula is C22H23N3O4S. The van der Waals surface area contributed by atoms with Gasteiger partial charge in [-0.2, -0.15) is 5.10 Å². The first-order valence-corrected chi connectivity index (χ1v) is 11.5. The van der Waals surface area contributed by atoms with Crippen LogP contribution >= 0.6 is 0 Å². The molecule has 0 saturated carbocycles. The molecule has 0 fully saturated rings. The number of sulfone groups is 1. The van der Waals surface area contributed by atoms with Crippen LogP contribution in [0.2, 0.25) is 0 Å². The summed E-state index contributed by atoms with van der Waals surface area (Å²) in [6, 6.07) is 16.9. The normalized spacial score (nSPS) is 14.5. The van der Waals surface area contributed by atoms with Gasteiger partial charge in [0, 0.05) is 5.56 Å². The van der Waals surface area contributed by atoms with Crippen molar-refractivity contribution in [2.75, 3.05) is 11.9 Å². The summed E-state index contributed by atoms with van der Waals surface area (Å²) < 4.78 is 31.2. The van der Waals surface area contributed by atoms with Crippen LogP contribution in [-0.2, 0) is 26.1 Å². The Morgan fingerprint density at radius 2 is 1.80 bits per heavy atom. The number of nitrogens with one attached hydrogen (secondary N) is 1. The largest absolute Gasteiger partial charge is 0.484 e. The first kappa shape index (κ1) is 20.2. The Kier molecular flexibility index (Phi) is 5.34. The van der Waals surface area contributed by atoms with E-state index in [1.165, 1.54) is 5.56 Å². The fourth-order valence-electron chi connectivity index (χ4n) is 3.39. The van der Waals surface area contributed by atoms with Crippen molar-refractivity contribution in [2.45, 2.75) is 31.3 Å². The minimum atomic E-state index is -3.24. The number of amides is 1. The number of rotatable bonds is 6. The van der Waals surface area contributed by atoms with Gasteiger partial charge in [-0.05, 0) is 35.7 Å². The standard InChI is InChI=1S/C22H23N3O4S/c1-15(2)16-8-10-18(11-9-16)29-12-21(26)23-22-19-13-30(27,28)14-20(19)24-25(22)17-6-4-3-5-7-17/h3-11,15H,12-14H2,1-2H3,(H,23,26). The van der Waals surface area contributed by atoms with E-state index < -0.39 is 9.84 Å². The summed E-state index contributed by atoms with van der Waals surface area (Å²) in [4.78, 5) is 12.6. The second-order valence-corrected chi connectivity index (χ2v) is 9.68. The SMILES string of the molecule is CC(C)c1ccc(OCC(=O)Nc2c3c(nn2-c2ccccc2)CS(=O)(=O)C3)cc1. The highest BCUT2D eigenvalue weighted by Crippen LogP contribution is 2.32. The van der Waals surface area contributed by atoms with Crippen LogP contribution < -0.4 is 10.1 Å². The van der Waals surface area contributed by atoms with Gasteiger partial charge in [-0.15, -0.1) is 0 Å². The second-order valence-electron chi connectivity index (χ2n) is 7.61. The average molecular weight is 426 g/mol. The molecule has 1 aliphatic heterocycles. The molecule has 156 valence electrons. The van der Waals surface area contributed by atoms with E-state index in [9.17, 15) is 13.2 Å². The number of carbonyl (C=O) groups excluding carboxylic acids is 1. The number of para-hydroxylation sites is 1. The molecule has 30 heavy (non-hydrogen) atoms. The zero-order chi connectivity index (χ0) is 21.3. The molecule has 4 rings (SSSR count). The maximum Gasteiger partial charge on any atom is 0.263 e. The van der Waals surface area contributed by atoms with E-state index in [0.717, 1.165) is 5.69 Å². The molecule has 2 heterocycles. The summed E-state index contributed by atoms with van der Waals surface area (Å²) in [5.41, 5.74) is 2.94. The van der Waals surface area contributed by atoms with E-state index in [-0.39, 0.29) is 24.0 Å². The van der Waals surface area contributed by atoms with Crippen LogP contribution in [0.1, 0.15) is 36.6 Å². The van der Waals surface area contributed by atoms with Crippen molar-refractivity contribution >= 4 is 21.6 Å². The van der Waals surface area contributed by atoms with Crippen molar-refractivity contribution in [3.63, 3.8) is 0 Å². The van der Waals surface area contributed by atoms with Crippen LogP contribution in [0.25, 0.3) is 5.69 Å². The number of hydrogen-bond acceptors (Lipinski definition) is 5. The molecule has 0 radical (unpaired) electrons. The van der Waals surface area contributed by atoms with Gasteiger partial charge >= 0.3 is 0 Å². The summed E-state index contributed by atoms with van der Waals surface area (Å²) in [6.45, 7) is 4.03. The van der Waals surface area contributed by atoms with Crippen molar-refractivity contribution in [3.8, 4) is 11.4 Å². The third-order valence-corrected chi connectivity index (χ3v) is 6.40. The summed E-state index contributed by atoms with van der Waals surface area (Å²) in [5, 5.41) is 7.24. The number of anilines is 1. The Balaban J connectivity index is 1.52. The van der Waals surface area contributed by atoms with Gasteiger partial charge in [-0.25, -0.2) is 13.1 Å². The Morgan fingerprint density at radius 1 is 1.10 bits per heavy atom. The van der Waals surface area contributed by atoms with Gasteiger partial charge in [0.25, 0.3) is 5.91 Å². The molecule has 1 amide bonds. The number of fused-ring (bicyclic) bond motifs is 1. The van der Waals surface area contributed by atoms with E-state index in [1.807, 2.05) is 54.6 Å². The Morgan fingerprint density at radius 3 is 2.47 bits per heavy atom. The highest BCUT2D eigenvalue weighted by Gasteiger charge is 2.33. The predicted octanol–water partition coefficient (Wildman–Crippen LogP) is 3.44. The number of aromatic nitrogens is 2. The van der Waals surface area contributed by atoms with E-state index in [2.05, 4.69) is 24.3 Å². The molecule has 0 spiro atoms. The number of benzene rings is 2. The minimum Gasteiger partial charge on any atom is -0.484 e. The first-order chi connectivity index (χ1) is 14.3. The van der Waals surface area contributed by atoms with Crippen molar-refractivity contribution in [1.29, 1.82) is 0 Å². The maximum atomic E-state index is 12.6. The summed E-state index contributed by atoms with van der Waals surface area (Å²) in [6.07, 6.45) is 0. The van der Waals surface area contributed by atoms with E-state index in [4.69, 9.17) is 4.74 Å². The lowest BCUT2D eigenvalue weighted by atomic mass is 10.0. The summed E-state index contributed by atoms with van der Waals surface area (Å²) >= 11 is 0. The Hall–Kier alpha value is -3.13. The quantitative estimate of drug-likeness (QED) is 0.653. The topological polar surface area (TPSA) is 90.3 Å². The molecule has 2 aromatic carbocycles. The lowest BCUT2D eigenvalue weighted by Gasteiger charge is -2.12. The first-order valence-electron chi connectivity index (χ1n) is 9.71. The van der Waals surface area contributed by atoms with Gasteiger partial charge in [0.2, 0.25) is 0 Å². The van der Waals surface area contributed by atoms with Crippen LogP contribution in [0, 0.1) is 0 Å². The number of ether oxygens (including phenoxy) is 1. The molecule has 0 unspecified atom stereocenters. The average Bonchev–Trinajstić information content (AvgIpc) is 3.20. The molecule has 0 aliphatic carbocycles. The molecule has 8 heteroatoms. The summed E-state index contributed by atoms with van der Waals surface area (Å²) in [7, 11) is -3.24. The van der Waals surface area contributed by atoms with Gasteiger partial charge in [0.15, 0.2) is 16.4 Å².